The van der Waals surface area contributed by atoms with Crippen LogP contribution in [0, 0.1) is 5.92 Å². The summed E-state index contributed by atoms with van der Waals surface area (Å²) in [4.78, 5) is 0. The van der Waals surface area contributed by atoms with Gasteiger partial charge in [-0.05, 0) is 79.2 Å². The predicted molar refractivity (Wildman–Crippen MR) is 120 cm³/mol. The minimum absolute atomic E-state index is 0.0618. The third kappa shape index (κ3) is 3.18. The number of aliphatic hydroxyl groups is 2. The molecule has 3 nitrogen and oxygen atoms in total. The number of rotatable bonds is 6. The smallest absolute Gasteiger partial charge is 0.173 e. The van der Waals surface area contributed by atoms with Crippen molar-refractivity contribution >= 4 is 33.4 Å². The van der Waals surface area contributed by atoms with Crippen molar-refractivity contribution in [3.05, 3.63) is 59.7 Å². The second kappa shape index (κ2) is 7.17. The molecule has 0 amide bonds. The highest BCUT2D eigenvalue weighted by Gasteiger charge is 2.29. The van der Waals surface area contributed by atoms with Crippen molar-refractivity contribution in [1.82, 2.24) is 5.32 Å². The first-order chi connectivity index (χ1) is 13.0. The standard InChI is InChI=1S/C23H24INO2/c1-3-16-8-10-20-21-11-15(12-25-23(24,27)14(2)13-26)7-9-18(21)19-6-4-5-17(16)22(19)20/h4-11,14,25-27H,3,12-13H2,1-2H3. The Morgan fingerprint density at radius 2 is 1.78 bits per heavy atom. The molecule has 2 atom stereocenters. The number of benzene rings is 3. The summed E-state index contributed by atoms with van der Waals surface area (Å²) in [5.74, 6) is -0.252. The van der Waals surface area contributed by atoms with Crippen molar-refractivity contribution in [2.75, 3.05) is 6.61 Å². The molecule has 4 rings (SSSR count). The Morgan fingerprint density at radius 1 is 1.04 bits per heavy atom. The van der Waals surface area contributed by atoms with Crippen LogP contribution in [-0.4, -0.2) is 20.6 Å². The summed E-state index contributed by atoms with van der Waals surface area (Å²) in [7, 11) is 0. The second-order valence-electron chi connectivity index (χ2n) is 7.34. The zero-order valence-electron chi connectivity index (χ0n) is 15.6. The van der Waals surface area contributed by atoms with Crippen LogP contribution in [0.25, 0.3) is 33.0 Å². The lowest BCUT2D eigenvalue weighted by Crippen LogP contribution is -2.45. The highest BCUT2D eigenvalue weighted by atomic mass is 127. The van der Waals surface area contributed by atoms with Crippen molar-refractivity contribution in [3.8, 4) is 22.3 Å². The first-order valence-electron chi connectivity index (χ1n) is 9.41. The lowest BCUT2D eigenvalue weighted by Gasteiger charge is -2.28. The van der Waals surface area contributed by atoms with Crippen LogP contribution in [0.2, 0.25) is 0 Å². The summed E-state index contributed by atoms with van der Waals surface area (Å²) >= 11 is 1.96. The molecule has 140 valence electrons. The summed E-state index contributed by atoms with van der Waals surface area (Å²) < 4.78 is -1.13. The van der Waals surface area contributed by atoms with Gasteiger partial charge in [0, 0.05) is 12.5 Å². The van der Waals surface area contributed by atoms with E-state index < -0.39 is 3.73 Å². The van der Waals surface area contributed by atoms with Gasteiger partial charge < -0.3 is 10.2 Å². The van der Waals surface area contributed by atoms with Gasteiger partial charge in [-0.3, -0.25) is 5.32 Å². The van der Waals surface area contributed by atoms with Crippen molar-refractivity contribution in [1.29, 1.82) is 0 Å². The van der Waals surface area contributed by atoms with Crippen LogP contribution in [0.1, 0.15) is 25.0 Å². The molecule has 27 heavy (non-hydrogen) atoms. The first kappa shape index (κ1) is 18.9. The molecule has 0 aliphatic heterocycles. The number of aryl methyl sites for hydroxylation is 1. The minimum atomic E-state index is -1.13. The number of fused-ring (bicyclic) bond motifs is 3. The number of hydrogen-bond donors (Lipinski definition) is 3. The van der Waals surface area contributed by atoms with Crippen molar-refractivity contribution in [3.63, 3.8) is 0 Å². The molecular formula is C23H24INO2. The van der Waals surface area contributed by atoms with E-state index >= 15 is 0 Å². The molecular weight excluding hydrogens is 449 g/mol. The number of alkyl halides is 1. The van der Waals surface area contributed by atoms with Crippen molar-refractivity contribution < 1.29 is 10.2 Å². The van der Waals surface area contributed by atoms with E-state index in [1.165, 1.54) is 38.6 Å². The summed E-state index contributed by atoms with van der Waals surface area (Å²) in [6.45, 7) is 4.51. The molecule has 2 unspecified atom stereocenters. The third-order valence-corrected chi connectivity index (χ3v) is 7.09. The maximum absolute atomic E-state index is 10.5. The van der Waals surface area contributed by atoms with Crippen LogP contribution in [0.4, 0.5) is 0 Å². The molecule has 4 heteroatoms. The van der Waals surface area contributed by atoms with Gasteiger partial charge in [0.25, 0.3) is 0 Å². The van der Waals surface area contributed by atoms with Gasteiger partial charge in [0.2, 0.25) is 0 Å². The van der Waals surface area contributed by atoms with Crippen molar-refractivity contribution in [2.24, 2.45) is 5.92 Å². The van der Waals surface area contributed by atoms with E-state index in [9.17, 15) is 10.2 Å². The second-order valence-corrected chi connectivity index (χ2v) is 8.99. The molecule has 0 saturated carbocycles. The summed E-state index contributed by atoms with van der Waals surface area (Å²) in [6.07, 6.45) is 1.03. The Bertz CT molecular complexity index is 1010. The van der Waals surface area contributed by atoms with Gasteiger partial charge >= 0.3 is 0 Å². The molecule has 0 bridgehead atoms. The van der Waals surface area contributed by atoms with E-state index in [0.717, 1.165) is 12.0 Å². The lowest BCUT2D eigenvalue weighted by atomic mass is 9.97. The molecule has 0 saturated heterocycles. The fourth-order valence-corrected chi connectivity index (χ4v) is 4.29. The van der Waals surface area contributed by atoms with Gasteiger partial charge in [-0.1, -0.05) is 56.3 Å². The predicted octanol–water partition coefficient (Wildman–Crippen LogP) is 4.85. The zero-order chi connectivity index (χ0) is 19.2. The van der Waals surface area contributed by atoms with Crippen LogP contribution in [0.3, 0.4) is 0 Å². The van der Waals surface area contributed by atoms with Gasteiger partial charge in [-0.15, -0.1) is 0 Å². The fraction of sp³-hybridized carbons (Fsp3) is 0.304. The minimum Gasteiger partial charge on any atom is -0.396 e. The van der Waals surface area contributed by atoms with Gasteiger partial charge in [0.1, 0.15) is 0 Å². The zero-order valence-corrected chi connectivity index (χ0v) is 17.7. The van der Waals surface area contributed by atoms with E-state index in [-0.39, 0.29) is 12.5 Å². The van der Waals surface area contributed by atoms with Crippen LogP contribution in [-0.2, 0) is 13.0 Å². The molecule has 1 aliphatic rings. The number of nitrogens with one attached hydrogen (secondary N) is 1. The molecule has 0 aromatic heterocycles. The molecule has 3 aromatic rings. The van der Waals surface area contributed by atoms with Crippen molar-refractivity contribution in [2.45, 2.75) is 30.5 Å². The Morgan fingerprint density at radius 3 is 2.52 bits per heavy atom. The number of aliphatic hydroxyl groups excluding tert-OH is 1. The molecule has 0 heterocycles. The monoisotopic (exact) mass is 473 g/mol. The largest absolute Gasteiger partial charge is 0.396 e. The third-order valence-electron chi connectivity index (χ3n) is 5.64. The van der Waals surface area contributed by atoms with Gasteiger partial charge in [0.05, 0.1) is 6.61 Å². The lowest BCUT2D eigenvalue weighted by molar-refractivity contribution is 0.0338. The summed E-state index contributed by atoms with van der Waals surface area (Å²) in [6, 6.07) is 17.6. The van der Waals surface area contributed by atoms with E-state index in [0.29, 0.717) is 6.54 Å². The fourth-order valence-electron chi connectivity index (χ4n) is 3.90. The maximum atomic E-state index is 10.5. The average molecular weight is 473 g/mol. The molecule has 3 N–H and O–H groups in total. The topological polar surface area (TPSA) is 52.5 Å². The van der Waals surface area contributed by atoms with Gasteiger partial charge in [-0.2, -0.15) is 0 Å². The normalized spacial score (nSPS) is 15.6. The van der Waals surface area contributed by atoms with E-state index in [1.54, 1.807) is 0 Å². The van der Waals surface area contributed by atoms with Crippen LogP contribution < -0.4 is 5.32 Å². The summed E-state index contributed by atoms with van der Waals surface area (Å²) in [5, 5.41) is 25.7. The van der Waals surface area contributed by atoms with E-state index in [4.69, 9.17) is 0 Å². The van der Waals surface area contributed by atoms with Crippen LogP contribution in [0.5, 0.6) is 0 Å². The number of hydrogen-bond acceptors (Lipinski definition) is 3. The molecule has 1 aliphatic carbocycles. The molecule has 0 spiro atoms. The Balaban J connectivity index is 1.71. The molecule has 3 aromatic carbocycles. The highest BCUT2D eigenvalue weighted by molar-refractivity contribution is 14.1. The average Bonchev–Trinajstić information content (AvgIpc) is 3.01. The molecule has 0 radical (unpaired) electrons. The van der Waals surface area contributed by atoms with Gasteiger partial charge in [-0.25, -0.2) is 0 Å². The summed E-state index contributed by atoms with van der Waals surface area (Å²) in [5.41, 5.74) is 7.65. The van der Waals surface area contributed by atoms with Crippen LogP contribution in [0.15, 0.2) is 48.5 Å². The molecule has 0 fully saturated rings. The maximum Gasteiger partial charge on any atom is 0.173 e. The van der Waals surface area contributed by atoms with Gasteiger partial charge in [0.15, 0.2) is 3.73 Å². The quantitative estimate of drug-likeness (QED) is 0.163. The number of halogens is 1. The van der Waals surface area contributed by atoms with E-state index in [2.05, 4.69) is 60.8 Å². The van der Waals surface area contributed by atoms with E-state index in [1.807, 2.05) is 29.5 Å². The highest BCUT2D eigenvalue weighted by Crippen LogP contribution is 2.48. The Hall–Kier alpha value is -1.47. The SMILES string of the molecule is CCc1ccc2c3c(cccc13)-c1ccc(CNC(O)(I)C(C)CO)cc1-2. The van der Waals surface area contributed by atoms with Crippen LogP contribution >= 0.6 is 22.6 Å². The first-order valence-corrected chi connectivity index (χ1v) is 10.5. The Labute approximate surface area is 173 Å². The Kier molecular flexibility index (Phi) is 5.01.